The molecule has 0 saturated heterocycles. The molecule has 0 fully saturated rings. The zero-order valence-corrected chi connectivity index (χ0v) is 17.5. The summed E-state index contributed by atoms with van der Waals surface area (Å²) >= 11 is 0. The summed E-state index contributed by atoms with van der Waals surface area (Å²) in [7, 11) is 0. The largest absolute Gasteiger partial charge is 0.342 e. The van der Waals surface area contributed by atoms with Crippen LogP contribution in [0, 0.1) is 11.3 Å². The van der Waals surface area contributed by atoms with Crippen LogP contribution in [0.2, 0.25) is 0 Å². The zero-order chi connectivity index (χ0) is 21.6. The monoisotopic (exact) mass is 408 g/mol. The Labute approximate surface area is 182 Å². The smallest absolute Gasteiger partial charge is 0.251 e. The van der Waals surface area contributed by atoms with Crippen molar-refractivity contribution in [2.75, 3.05) is 0 Å². The molecule has 0 aliphatic carbocycles. The van der Waals surface area contributed by atoms with E-state index in [0.29, 0.717) is 17.7 Å². The Morgan fingerprint density at radius 2 is 1.74 bits per heavy atom. The lowest BCUT2D eigenvalue weighted by atomic mass is 10.1. The number of para-hydroxylation sites is 2. The van der Waals surface area contributed by atoms with Crippen LogP contribution in [-0.2, 0) is 6.54 Å². The van der Waals surface area contributed by atoms with Crippen molar-refractivity contribution >= 4 is 16.9 Å². The number of carbonyl (C=O) groups excluding carboxylic acids is 1. The van der Waals surface area contributed by atoms with Crippen molar-refractivity contribution in [1.82, 2.24) is 14.9 Å². The van der Waals surface area contributed by atoms with E-state index in [9.17, 15) is 4.79 Å². The second-order valence-corrected chi connectivity index (χ2v) is 7.53. The van der Waals surface area contributed by atoms with Crippen molar-refractivity contribution in [3.8, 4) is 6.07 Å². The van der Waals surface area contributed by atoms with Gasteiger partial charge < -0.3 is 9.88 Å². The minimum absolute atomic E-state index is 0.101. The SMILES string of the molecule is CCC[C@@H](NC(=O)c1ccccc1)c1nc2ccccc2n1Cc1ccc(C#N)cc1. The van der Waals surface area contributed by atoms with Crippen LogP contribution in [0.1, 0.15) is 53.1 Å². The van der Waals surface area contributed by atoms with Gasteiger partial charge in [-0.05, 0) is 48.4 Å². The molecule has 0 saturated carbocycles. The van der Waals surface area contributed by atoms with Crippen LogP contribution >= 0.6 is 0 Å². The van der Waals surface area contributed by atoms with E-state index in [1.165, 1.54) is 0 Å². The lowest BCUT2D eigenvalue weighted by molar-refractivity contribution is 0.0932. The van der Waals surface area contributed by atoms with Crippen LogP contribution < -0.4 is 5.32 Å². The summed E-state index contributed by atoms with van der Waals surface area (Å²) in [5.41, 5.74) is 4.28. The lowest BCUT2D eigenvalue weighted by Crippen LogP contribution is -2.30. The maximum atomic E-state index is 12.9. The first kappa shape index (κ1) is 20.4. The first-order chi connectivity index (χ1) is 15.2. The number of imidazole rings is 1. The molecule has 0 bridgehead atoms. The van der Waals surface area contributed by atoms with Crippen LogP contribution in [0.3, 0.4) is 0 Å². The molecule has 0 aliphatic heterocycles. The molecular formula is C26H24N4O. The molecule has 1 heterocycles. The summed E-state index contributed by atoms with van der Waals surface area (Å²) in [6.45, 7) is 2.72. The number of fused-ring (bicyclic) bond motifs is 1. The van der Waals surface area contributed by atoms with Gasteiger partial charge in [0.1, 0.15) is 5.82 Å². The fourth-order valence-electron chi connectivity index (χ4n) is 3.78. The Hall–Kier alpha value is -3.91. The van der Waals surface area contributed by atoms with Crippen molar-refractivity contribution in [3.63, 3.8) is 0 Å². The van der Waals surface area contributed by atoms with Gasteiger partial charge in [-0.1, -0.05) is 55.8 Å². The van der Waals surface area contributed by atoms with Gasteiger partial charge in [0.05, 0.1) is 28.7 Å². The highest BCUT2D eigenvalue weighted by Crippen LogP contribution is 2.25. The van der Waals surface area contributed by atoms with Gasteiger partial charge in [-0.25, -0.2) is 4.98 Å². The van der Waals surface area contributed by atoms with Gasteiger partial charge in [0.2, 0.25) is 0 Å². The van der Waals surface area contributed by atoms with Gasteiger partial charge in [0.15, 0.2) is 0 Å². The molecule has 1 atom stereocenters. The molecule has 154 valence electrons. The summed E-state index contributed by atoms with van der Waals surface area (Å²) in [5, 5.41) is 12.3. The van der Waals surface area contributed by atoms with Gasteiger partial charge in [-0.15, -0.1) is 0 Å². The van der Waals surface area contributed by atoms with Crippen molar-refractivity contribution in [1.29, 1.82) is 5.26 Å². The predicted molar refractivity (Wildman–Crippen MR) is 122 cm³/mol. The third-order valence-electron chi connectivity index (χ3n) is 5.34. The quantitative estimate of drug-likeness (QED) is 0.455. The number of benzene rings is 3. The number of rotatable bonds is 7. The fraction of sp³-hybridized carbons (Fsp3) is 0.192. The second-order valence-electron chi connectivity index (χ2n) is 7.53. The van der Waals surface area contributed by atoms with Crippen LogP contribution in [-0.4, -0.2) is 15.5 Å². The van der Waals surface area contributed by atoms with E-state index in [1.807, 2.05) is 72.8 Å². The highest BCUT2D eigenvalue weighted by atomic mass is 16.1. The van der Waals surface area contributed by atoms with E-state index in [2.05, 4.69) is 28.9 Å². The summed E-state index contributed by atoms with van der Waals surface area (Å²) in [5.74, 6) is 0.743. The molecule has 1 N–H and O–H groups in total. The lowest BCUT2D eigenvalue weighted by Gasteiger charge is -2.20. The van der Waals surface area contributed by atoms with E-state index in [1.54, 1.807) is 0 Å². The highest BCUT2D eigenvalue weighted by molar-refractivity contribution is 5.94. The highest BCUT2D eigenvalue weighted by Gasteiger charge is 2.22. The average Bonchev–Trinajstić information content (AvgIpc) is 3.18. The first-order valence-electron chi connectivity index (χ1n) is 10.5. The van der Waals surface area contributed by atoms with Crippen molar-refractivity contribution in [2.24, 2.45) is 0 Å². The molecule has 3 aromatic carbocycles. The van der Waals surface area contributed by atoms with E-state index in [-0.39, 0.29) is 11.9 Å². The van der Waals surface area contributed by atoms with Gasteiger partial charge >= 0.3 is 0 Å². The van der Waals surface area contributed by atoms with Crippen LogP contribution in [0.5, 0.6) is 0 Å². The van der Waals surface area contributed by atoms with Crippen LogP contribution in [0.25, 0.3) is 11.0 Å². The molecule has 5 heteroatoms. The van der Waals surface area contributed by atoms with Crippen molar-refractivity contribution in [3.05, 3.63) is 101 Å². The first-order valence-corrected chi connectivity index (χ1v) is 10.5. The van der Waals surface area contributed by atoms with Crippen LogP contribution in [0.4, 0.5) is 0 Å². The van der Waals surface area contributed by atoms with E-state index >= 15 is 0 Å². The number of carbonyl (C=O) groups is 1. The molecule has 5 nitrogen and oxygen atoms in total. The number of amides is 1. The van der Waals surface area contributed by atoms with Gasteiger partial charge in [0, 0.05) is 12.1 Å². The Balaban J connectivity index is 1.72. The number of nitrogens with one attached hydrogen (secondary N) is 1. The molecule has 4 rings (SSSR count). The minimum Gasteiger partial charge on any atom is -0.342 e. The molecule has 4 aromatic rings. The third-order valence-corrected chi connectivity index (χ3v) is 5.34. The molecule has 1 aromatic heterocycles. The summed E-state index contributed by atoms with van der Waals surface area (Å²) in [4.78, 5) is 17.8. The normalized spacial score (nSPS) is 11.7. The molecule has 0 aliphatic rings. The molecular weight excluding hydrogens is 384 g/mol. The van der Waals surface area contributed by atoms with E-state index in [0.717, 1.165) is 35.3 Å². The topological polar surface area (TPSA) is 70.7 Å². The maximum Gasteiger partial charge on any atom is 0.251 e. The Kier molecular flexibility index (Phi) is 6.09. The number of hydrogen-bond acceptors (Lipinski definition) is 3. The standard InChI is InChI=1S/C26H24N4O/c1-2-8-23(29-26(31)21-9-4-3-5-10-21)25-28-22-11-6-7-12-24(22)30(25)18-20-15-13-19(17-27)14-16-20/h3-7,9-16,23H,2,8,18H2,1H3,(H,29,31)/t23-/m1/s1. The second kappa shape index (κ2) is 9.27. The number of hydrogen-bond donors (Lipinski definition) is 1. The summed E-state index contributed by atoms with van der Waals surface area (Å²) < 4.78 is 2.17. The Morgan fingerprint density at radius 3 is 2.45 bits per heavy atom. The predicted octanol–water partition coefficient (Wildman–Crippen LogP) is 5.23. The molecule has 0 unspecified atom stereocenters. The van der Waals surface area contributed by atoms with E-state index in [4.69, 9.17) is 10.2 Å². The van der Waals surface area contributed by atoms with E-state index < -0.39 is 0 Å². The number of aromatic nitrogens is 2. The van der Waals surface area contributed by atoms with Crippen molar-refractivity contribution < 1.29 is 4.79 Å². The molecule has 31 heavy (non-hydrogen) atoms. The van der Waals surface area contributed by atoms with Gasteiger partial charge in [-0.2, -0.15) is 5.26 Å². The number of nitrogens with zero attached hydrogens (tertiary/aromatic N) is 3. The minimum atomic E-state index is -0.205. The van der Waals surface area contributed by atoms with Gasteiger partial charge in [-0.3, -0.25) is 4.79 Å². The van der Waals surface area contributed by atoms with Gasteiger partial charge in [0.25, 0.3) is 5.91 Å². The van der Waals surface area contributed by atoms with Crippen LogP contribution in [0.15, 0.2) is 78.9 Å². The Morgan fingerprint density at radius 1 is 1.03 bits per heavy atom. The Bertz CT molecular complexity index is 1220. The maximum absolute atomic E-state index is 12.9. The molecule has 0 radical (unpaired) electrons. The van der Waals surface area contributed by atoms with Crippen molar-refractivity contribution in [2.45, 2.75) is 32.4 Å². The zero-order valence-electron chi connectivity index (χ0n) is 17.5. The molecule has 0 spiro atoms. The molecule has 1 amide bonds. The summed E-state index contributed by atoms with van der Waals surface area (Å²) in [6, 6.07) is 26.8. The number of nitriles is 1. The third kappa shape index (κ3) is 4.49. The summed E-state index contributed by atoms with van der Waals surface area (Å²) in [6.07, 6.45) is 1.70. The fourth-order valence-corrected chi connectivity index (χ4v) is 3.78. The average molecular weight is 409 g/mol.